The van der Waals surface area contributed by atoms with E-state index in [0.29, 0.717) is 12.0 Å². The van der Waals surface area contributed by atoms with Crippen molar-refractivity contribution in [1.29, 1.82) is 0 Å². The second-order valence-electron chi connectivity index (χ2n) is 3.23. The zero-order chi connectivity index (χ0) is 12.6. The Morgan fingerprint density at radius 2 is 2.06 bits per heavy atom. The van der Waals surface area contributed by atoms with Crippen LogP contribution in [0.5, 0.6) is 0 Å². The van der Waals surface area contributed by atoms with Crippen molar-refractivity contribution < 1.29 is 14.4 Å². The van der Waals surface area contributed by atoms with E-state index in [1.54, 1.807) is 14.0 Å². The lowest BCUT2D eigenvalue weighted by atomic mass is 10.3. The normalized spacial score (nSPS) is 13.7. The molecular formula is C9H17N3O3S. The van der Waals surface area contributed by atoms with Crippen LogP contribution in [0.1, 0.15) is 6.92 Å². The van der Waals surface area contributed by atoms with Crippen molar-refractivity contribution in [3.05, 3.63) is 0 Å². The number of aldehydes is 1. The van der Waals surface area contributed by atoms with Gasteiger partial charge in [0.1, 0.15) is 6.29 Å². The number of carbonyl (C=O) groups excluding carboxylic acids is 3. The molecule has 0 aromatic rings. The molecule has 0 saturated carbocycles. The minimum atomic E-state index is -0.547. The molecule has 0 heterocycles. The van der Waals surface area contributed by atoms with Crippen molar-refractivity contribution in [2.24, 2.45) is 0 Å². The summed E-state index contributed by atoms with van der Waals surface area (Å²) in [6.07, 6.45) is 0.615. The molecule has 0 aliphatic carbocycles. The van der Waals surface area contributed by atoms with Crippen molar-refractivity contribution in [1.82, 2.24) is 16.0 Å². The summed E-state index contributed by atoms with van der Waals surface area (Å²) in [5, 5.41) is 7.59. The summed E-state index contributed by atoms with van der Waals surface area (Å²) in [5.41, 5.74) is 0. The maximum Gasteiger partial charge on any atom is 0.239 e. The van der Waals surface area contributed by atoms with Crippen LogP contribution in [0.15, 0.2) is 0 Å². The number of nitrogens with one attached hydrogen (secondary N) is 3. The molecule has 92 valence electrons. The Morgan fingerprint density at radius 3 is 2.50 bits per heavy atom. The number of rotatable bonds is 7. The van der Waals surface area contributed by atoms with E-state index >= 15 is 0 Å². The lowest BCUT2D eigenvalue weighted by molar-refractivity contribution is -0.127. The van der Waals surface area contributed by atoms with Gasteiger partial charge in [-0.15, -0.1) is 0 Å². The van der Waals surface area contributed by atoms with Gasteiger partial charge in [0.25, 0.3) is 0 Å². The van der Waals surface area contributed by atoms with E-state index in [4.69, 9.17) is 0 Å². The molecule has 0 unspecified atom stereocenters. The molecule has 0 radical (unpaired) electrons. The van der Waals surface area contributed by atoms with Crippen molar-refractivity contribution in [2.45, 2.75) is 19.0 Å². The number of thiol groups is 1. The quantitative estimate of drug-likeness (QED) is 0.320. The molecule has 0 aromatic carbocycles. The van der Waals surface area contributed by atoms with Gasteiger partial charge in [0.05, 0.1) is 18.6 Å². The number of amides is 2. The van der Waals surface area contributed by atoms with E-state index in [2.05, 4.69) is 28.6 Å². The predicted molar refractivity (Wildman–Crippen MR) is 63.4 cm³/mol. The Kier molecular flexibility index (Phi) is 7.57. The SMILES string of the molecule is CN[C@@H](CS)C(=O)NCC(=O)N[C@@H](C)C=O. The third-order valence-corrected chi connectivity index (χ3v) is 2.23. The first kappa shape index (κ1) is 14.9. The minimum Gasteiger partial charge on any atom is -0.346 e. The summed E-state index contributed by atoms with van der Waals surface area (Å²) in [6, 6.07) is -0.978. The fourth-order valence-corrected chi connectivity index (χ4v) is 1.28. The minimum absolute atomic E-state index is 0.150. The molecule has 16 heavy (non-hydrogen) atoms. The molecule has 2 atom stereocenters. The van der Waals surface area contributed by atoms with Crippen LogP contribution < -0.4 is 16.0 Å². The van der Waals surface area contributed by atoms with Gasteiger partial charge in [0.2, 0.25) is 11.8 Å². The molecular weight excluding hydrogens is 230 g/mol. The molecule has 0 aromatic heterocycles. The zero-order valence-corrected chi connectivity index (χ0v) is 10.2. The molecule has 2 amide bonds. The van der Waals surface area contributed by atoms with Gasteiger partial charge in [0, 0.05) is 5.75 Å². The van der Waals surface area contributed by atoms with Gasteiger partial charge < -0.3 is 20.7 Å². The van der Waals surface area contributed by atoms with Crippen LogP contribution in [0.25, 0.3) is 0 Å². The maximum absolute atomic E-state index is 11.4. The lowest BCUT2D eigenvalue weighted by Crippen LogP contribution is -2.48. The van der Waals surface area contributed by atoms with E-state index in [9.17, 15) is 14.4 Å². The Hall–Kier alpha value is -1.08. The monoisotopic (exact) mass is 247 g/mol. The molecule has 0 aliphatic rings. The average molecular weight is 247 g/mol. The highest BCUT2D eigenvalue weighted by Gasteiger charge is 2.15. The number of hydrogen-bond acceptors (Lipinski definition) is 5. The van der Waals surface area contributed by atoms with Crippen LogP contribution in [-0.2, 0) is 14.4 Å². The fourth-order valence-electron chi connectivity index (χ4n) is 0.935. The van der Waals surface area contributed by atoms with Gasteiger partial charge in [-0.05, 0) is 14.0 Å². The molecule has 0 spiro atoms. The summed E-state index contributed by atoms with van der Waals surface area (Å²) in [7, 11) is 1.63. The van der Waals surface area contributed by atoms with Crippen LogP contribution in [0.3, 0.4) is 0 Å². The van der Waals surface area contributed by atoms with E-state index in [1.165, 1.54) is 0 Å². The summed E-state index contributed by atoms with van der Waals surface area (Å²) in [5.74, 6) is -0.359. The average Bonchev–Trinajstić information content (AvgIpc) is 2.27. The predicted octanol–water partition coefficient (Wildman–Crippen LogP) is -1.68. The summed E-state index contributed by atoms with van der Waals surface area (Å²) < 4.78 is 0. The largest absolute Gasteiger partial charge is 0.346 e. The van der Waals surface area contributed by atoms with E-state index in [1.807, 2.05) is 0 Å². The second-order valence-corrected chi connectivity index (χ2v) is 3.60. The molecule has 7 heteroatoms. The molecule has 0 saturated heterocycles. The van der Waals surface area contributed by atoms with Crippen molar-refractivity contribution in [3.63, 3.8) is 0 Å². The second kappa shape index (κ2) is 8.12. The molecule has 0 rings (SSSR count). The standard InChI is InChI=1S/C9H17N3O3S/c1-6(4-13)12-8(14)3-11-9(15)7(5-16)10-2/h4,6-7,10,16H,3,5H2,1-2H3,(H,11,15)(H,12,14)/t6-,7-/m0/s1. The Balaban J connectivity index is 3.91. The van der Waals surface area contributed by atoms with E-state index in [-0.39, 0.29) is 12.5 Å². The lowest BCUT2D eigenvalue weighted by Gasteiger charge is -2.13. The van der Waals surface area contributed by atoms with Crippen molar-refractivity contribution in [2.75, 3.05) is 19.3 Å². The van der Waals surface area contributed by atoms with Crippen molar-refractivity contribution >= 4 is 30.7 Å². The van der Waals surface area contributed by atoms with Gasteiger partial charge in [-0.1, -0.05) is 0 Å². The van der Waals surface area contributed by atoms with Gasteiger partial charge >= 0.3 is 0 Å². The fraction of sp³-hybridized carbons (Fsp3) is 0.667. The van der Waals surface area contributed by atoms with Gasteiger partial charge in [-0.2, -0.15) is 12.6 Å². The highest BCUT2D eigenvalue weighted by Crippen LogP contribution is 1.86. The first-order valence-corrected chi connectivity index (χ1v) is 5.48. The number of likely N-dealkylation sites (N-methyl/N-ethyl adjacent to an activating group) is 1. The summed E-state index contributed by atoms with van der Waals surface area (Å²) in [4.78, 5) is 32.8. The van der Waals surface area contributed by atoms with Crippen LogP contribution in [0.2, 0.25) is 0 Å². The molecule has 6 nitrogen and oxygen atoms in total. The third kappa shape index (κ3) is 5.72. The van der Waals surface area contributed by atoms with Gasteiger partial charge in [-0.25, -0.2) is 0 Å². The molecule has 3 N–H and O–H groups in total. The topological polar surface area (TPSA) is 87.3 Å². The molecule has 0 aliphatic heterocycles. The first-order valence-electron chi connectivity index (χ1n) is 4.85. The molecule has 0 fully saturated rings. The molecule has 0 bridgehead atoms. The zero-order valence-electron chi connectivity index (χ0n) is 9.32. The van der Waals surface area contributed by atoms with E-state index in [0.717, 1.165) is 0 Å². The number of hydrogen-bond donors (Lipinski definition) is 4. The van der Waals surface area contributed by atoms with E-state index < -0.39 is 18.0 Å². The Morgan fingerprint density at radius 1 is 1.44 bits per heavy atom. The smallest absolute Gasteiger partial charge is 0.239 e. The van der Waals surface area contributed by atoms with Crippen molar-refractivity contribution in [3.8, 4) is 0 Å². The van der Waals surface area contributed by atoms with Crippen LogP contribution in [-0.4, -0.2) is 49.5 Å². The Bertz CT molecular complexity index is 256. The van der Waals surface area contributed by atoms with Crippen LogP contribution in [0, 0.1) is 0 Å². The van der Waals surface area contributed by atoms with Crippen LogP contribution in [0.4, 0.5) is 0 Å². The van der Waals surface area contributed by atoms with Gasteiger partial charge in [0.15, 0.2) is 0 Å². The summed E-state index contributed by atoms with van der Waals surface area (Å²) >= 11 is 3.98. The third-order valence-electron chi connectivity index (χ3n) is 1.86. The van der Waals surface area contributed by atoms with Crippen LogP contribution >= 0.6 is 12.6 Å². The highest BCUT2D eigenvalue weighted by molar-refractivity contribution is 7.80. The number of carbonyl (C=O) groups is 3. The summed E-state index contributed by atoms with van der Waals surface area (Å²) in [6.45, 7) is 1.40. The first-order chi connectivity index (χ1) is 7.54. The maximum atomic E-state index is 11.4. The Labute approximate surface area is 99.9 Å². The van der Waals surface area contributed by atoms with Gasteiger partial charge in [-0.3, -0.25) is 9.59 Å². The highest BCUT2D eigenvalue weighted by atomic mass is 32.1.